The van der Waals surface area contributed by atoms with Crippen molar-refractivity contribution < 1.29 is 0 Å². The van der Waals surface area contributed by atoms with E-state index in [9.17, 15) is 0 Å². The second kappa shape index (κ2) is 7.48. The van der Waals surface area contributed by atoms with Gasteiger partial charge in [0.2, 0.25) is 0 Å². The van der Waals surface area contributed by atoms with Gasteiger partial charge in [-0.05, 0) is 30.5 Å². The van der Waals surface area contributed by atoms with Crippen LogP contribution >= 0.6 is 23.2 Å². The number of anilines is 2. The molecular weight excluding hydrogens is 307 g/mol. The highest BCUT2D eigenvalue weighted by molar-refractivity contribution is 6.35. The average molecular weight is 325 g/mol. The first kappa shape index (κ1) is 15.9. The number of halogens is 2. The second-order valence-corrected chi connectivity index (χ2v) is 5.59. The van der Waals surface area contributed by atoms with Gasteiger partial charge in [-0.3, -0.25) is 0 Å². The lowest BCUT2D eigenvalue weighted by Crippen LogP contribution is -2.11. The predicted molar refractivity (Wildman–Crippen MR) is 89.1 cm³/mol. The summed E-state index contributed by atoms with van der Waals surface area (Å²) in [7, 11) is 0. The van der Waals surface area contributed by atoms with Crippen molar-refractivity contribution in [3.63, 3.8) is 0 Å². The number of nitrogens with zero attached hydrogens (tertiary/aromatic N) is 2. The van der Waals surface area contributed by atoms with Gasteiger partial charge in [-0.25, -0.2) is 9.97 Å². The van der Waals surface area contributed by atoms with Gasteiger partial charge in [-0.2, -0.15) is 0 Å². The highest BCUT2D eigenvalue weighted by atomic mass is 35.5. The van der Waals surface area contributed by atoms with Crippen LogP contribution in [0.3, 0.4) is 0 Å². The molecule has 2 aromatic rings. The molecule has 1 aromatic carbocycles. The minimum atomic E-state index is 0.541. The van der Waals surface area contributed by atoms with Crippen LogP contribution in [0.15, 0.2) is 24.5 Å². The molecule has 0 saturated carbocycles. The van der Waals surface area contributed by atoms with Crippen molar-refractivity contribution in [1.29, 1.82) is 0 Å². The molecule has 0 amide bonds. The topological polar surface area (TPSA) is 63.8 Å². The van der Waals surface area contributed by atoms with Crippen molar-refractivity contribution >= 4 is 34.8 Å². The van der Waals surface area contributed by atoms with Crippen LogP contribution in [0.1, 0.15) is 24.5 Å². The van der Waals surface area contributed by atoms with E-state index < -0.39 is 0 Å². The molecule has 4 nitrogen and oxygen atoms in total. The Morgan fingerprint density at radius 1 is 1.19 bits per heavy atom. The van der Waals surface area contributed by atoms with E-state index in [2.05, 4.69) is 22.2 Å². The molecule has 0 fully saturated rings. The fraction of sp³-hybridized carbons (Fsp3) is 0.333. The Kier molecular flexibility index (Phi) is 5.65. The highest BCUT2D eigenvalue weighted by Gasteiger charge is 2.08. The summed E-state index contributed by atoms with van der Waals surface area (Å²) in [5.74, 6) is 1.34. The lowest BCUT2D eigenvalue weighted by Gasteiger charge is -2.12. The van der Waals surface area contributed by atoms with E-state index in [4.69, 9.17) is 28.9 Å². The molecule has 6 heteroatoms. The fourth-order valence-electron chi connectivity index (χ4n) is 2.11. The predicted octanol–water partition coefficient (Wildman–Crippen LogP) is 3.97. The second-order valence-electron chi connectivity index (χ2n) is 4.75. The lowest BCUT2D eigenvalue weighted by molar-refractivity contribution is 0.898. The van der Waals surface area contributed by atoms with Crippen LogP contribution in [0.5, 0.6) is 0 Å². The van der Waals surface area contributed by atoms with Crippen molar-refractivity contribution in [2.24, 2.45) is 0 Å². The van der Waals surface area contributed by atoms with E-state index in [1.807, 2.05) is 12.1 Å². The summed E-state index contributed by atoms with van der Waals surface area (Å²) in [6.07, 6.45) is 4.11. The molecule has 0 aliphatic heterocycles. The standard InChI is InChI=1S/C15H18Cl2N4/c1-2-3-12-14(18)20-9-21-15(12)19-7-6-10-4-5-11(16)8-13(10)17/h4-5,8-9H,2-3,6-7H2,1H3,(H3,18,19,20,21). The Labute approximate surface area is 134 Å². The SMILES string of the molecule is CCCc1c(N)ncnc1NCCc1ccc(Cl)cc1Cl. The van der Waals surface area contributed by atoms with Crippen molar-refractivity contribution in [2.75, 3.05) is 17.6 Å². The molecule has 3 N–H and O–H groups in total. The monoisotopic (exact) mass is 324 g/mol. The van der Waals surface area contributed by atoms with E-state index in [0.717, 1.165) is 36.2 Å². The zero-order chi connectivity index (χ0) is 15.2. The lowest BCUT2D eigenvalue weighted by atomic mass is 10.1. The molecule has 1 heterocycles. The zero-order valence-electron chi connectivity index (χ0n) is 11.9. The normalized spacial score (nSPS) is 10.6. The Morgan fingerprint density at radius 3 is 2.71 bits per heavy atom. The van der Waals surface area contributed by atoms with Crippen molar-refractivity contribution in [2.45, 2.75) is 26.2 Å². The number of hydrogen-bond acceptors (Lipinski definition) is 4. The number of nitrogens with two attached hydrogens (primary N) is 1. The van der Waals surface area contributed by atoms with Gasteiger partial charge < -0.3 is 11.1 Å². The first-order chi connectivity index (χ1) is 10.1. The Balaban J connectivity index is 2.02. The number of nitrogen functional groups attached to an aromatic ring is 1. The summed E-state index contributed by atoms with van der Waals surface area (Å²) in [5.41, 5.74) is 7.93. The van der Waals surface area contributed by atoms with Crippen LogP contribution in [0.25, 0.3) is 0 Å². The van der Waals surface area contributed by atoms with Crippen molar-refractivity contribution in [3.8, 4) is 0 Å². The molecule has 112 valence electrons. The maximum Gasteiger partial charge on any atom is 0.134 e. The number of aromatic nitrogens is 2. The fourth-order valence-corrected chi connectivity index (χ4v) is 2.62. The van der Waals surface area contributed by atoms with Crippen LogP contribution in [0.4, 0.5) is 11.6 Å². The molecule has 0 radical (unpaired) electrons. The third kappa shape index (κ3) is 4.22. The summed E-state index contributed by atoms with van der Waals surface area (Å²) < 4.78 is 0. The molecule has 0 saturated heterocycles. The van der Waals surface area contributed by atoms with Crippen molar-refractivity contribution in [1.82, 2.24) is 9.97 Å². The maximum absolute atomic E-state index is 6.16. The van der Waals surface area contributed by atoms with Gasteiger partial charge in [0, 0.05) is 22.2 Å². The highest BCUT2D eigenvalue weighted by Crippen LogP contribution is 2.22. The molecule has 0 atom stereocenters. The third-order valence-corrected chi connectivity index (χ3v) is 3.77. The minimum absolute atomic E-state index is 0.541. The zero-order valence-corrected chi connectivity index (χ0v) is 13.4. The van der Waals surface area contributed by atoms with Crippen LogP contribution < -0.4 is 11.1 Å². The molecule has 0 spiro atoms. The van der Waals surface area contributed by atoms with Gasteiger partial charge in [-0.15, -0.1) is 0 Å². The quantitative estimate of drug-likeness (QED) is 0.843. The summed E-state index contributed by atoms with van der Waals surface area (Å²) in [6, 6.07) is 5.53. The minimum Gasteiger partial charge on any atom is -0.383 e. The number of benzene rings is 1. The van der Waals surface area contributed by atoms with Crippen molar-refractivity contribution in [3.05, 3.63) is 45.7 Å². The third-order valence-electron chi connectivity index (χ3n) is 3.18. The van der Waals surface area contributed by atoms with Crippen LogP contribution in [-0.4, -0.2) is 16.5 Å². The van der Waals surface area contributed by atoms with Gasteiger partial charge in [0.05, 0.1) is 0 Å². The maximum atomic E-state index is 6.16. The van der Waals surface area contributed by atoms with Gasteiger partial charge >= 0.3 is 0 Å². The summed E-state index contributed by atoms with van der Waals surface area (Å²) in [4.78, 5) is 8.31. The molecule has 2 rings (SSSR count). The number of rotatable bonds is 6. The Bertz CT molecular complexity index is 617. The largest absolute Gasteiger partial charge is 0.383 e. The van der Waals surface area contributed by atoms with Crippen LogP contribution in [0, 0.1) is 0 Å². The summed E-state index contributed by atoms with van der Waals surface area (Å²) in [6.45, 7) is 2.82. The molecule has 0 aliphatic rings. The number of hydrogen-bond donors (Lipinski definition) is 2. The molecule has 0 unspecified atom stereocenters. The van der Waals surface area contributed by atoms with Gasteiger partial charge in [0.1, 0.15) is 18.0 Å². The molecule has 0 bridgehead atoms. The summed E-state index contributed by atoms with van der Waals surface area (Å²) in [5, 5.41) is 4.63. The average Bonchev–Trinajstić information content (AvgIpc) is 2.45. The summed E-state index contributed by atoms with van der Waals surface area (Å²) >= 11 is 12.0. The van der Waals surface area contributed by atoms with Gasteiger partial charge in [0.15, 0.2) is 0 Å². The van der Waals surface area contributed by atoms with E-state index in [-0.39, 0.29) is 0 Å². The van der Waals surface area contributed by atoms with Crippen LogP contribution in [0.2, 0.25) is 10.0 Å². The van der Waals surface area contributed by atoms with Crippen LogP contribution in [-0.2, 0) is 12.8 Å². The smallest absolute Gasteiger partial charge is 0.134 e. The van der Waals surface area contributed by atoms with E-state index in [1.54, 1.807) is 6.07 Å². The number of nitrogens with one attached hydrogen (secondary N) is 1. The van der Waals surface area contributed by atoms with E-state index in [0.29, 0.717) is 22.4 Å². The van der Waals surface area contributed by atoms with E-state index >= 15 is 0 Å². The Hall–Kier alpha value is -1.52. The Morgan fingerprint density at radius 2 is 2.00 bits per heavy atom. The molecule has 1 aromatic heterocycles. The molecular formula is C15H18Cl2N4. The van der Waals surface area contributed by atoms with Gasteiger partial charge in [0.25, 0.3) is 0 Å². The molecule has 21 heavy (non-hydrogen) atoms. The first-order valence-corrected chi connectivity index (χ1v) is 7.64. The molecule has 0 aliphatic carbocycles. The first-order valence-electron chi connectivity index (χ1n) is 6.89. The van der Waals surface area contributed by atoms with Gasteiger partial charge in [-0.1, -0.05) is 42.6 Å². The van der Waals surface area contributed by atoms with E-state index in [1.165, 1.54) is 6.33 Å².